The van der Waals surface area contributed by atoms with Gasteiger partial charge in [0.1, 0.15) is 0 Å². The second-order valence-corrected chi connectivity index (χ2v) is 19.1. The van der Waals surface area contributed by atoms with Crippen LogP contribution in [0.25, 0.3) is 0 Å². The molecule has 12 rings (SSSR count). The Morgan fingerprint density at radius 2 is 0.302 bits per heavy atom. The predicted molar refractivity (Wildman–Crippen MR) is 185 cm³/mol. The summed E-state index contributed by atoms with van der Waals surface area (Å²) in [5.74, 6) is 14.0. The molecule has 0 atom stereocenters. The fraction of sp³-hybridized carbons (Fsp3) is 1.00. The quantitative estimate of drug-likeness (QED) is 0.263. The fourth-order valence-electron chi connectivity index (χ4n) is 13.7. The predicted octanol–water partition coefficient (Wildman–Crippen LogP) is 13.6. The maximum Gasteiger partial charge on any atom is -0.0406 e. The summed E-state index contributed by atoms with van der Waals surface area (Å²) in [4.78, 5) is 0. The molecule has 0 aromatic rings. The van der Waals surface area contributed by atoms with Crippen molar-refractivity contribution in [1.82, 2.24) is 0 Å². The Morgan fingerprint density at radius 3 is 0.512 bits per heavy atom. The highest BCUT2D eigenvalue weighted by Gasteiger charge is 2.41. The van der Waals surface area contributed by atoms with Crippen molar-refractivity contribution in [3.05, 3.63) is 0 Å². The molecule has 0 spiro atoms. The minimum absolute atomic E-state index is 1.13. The van der Waals surface area contributed by atoms with E-state index in [1.54, 1.807) is 173 Å². The zero-order valence-corrected chi connectivity index (χ0v) is 28.8. The molecule has 0 heteroatoms. The van der Waals surface area contributed by atoms with Gasteiger partial charge in [0.2, 0.25) is 0 Å². The van der Waals surface area contributed by atoms with Crippen LogP contribution in [0.5, 0.6) is 0 Å². The third kappa shape index (κ3) is 9.30. The van der Waals surface area contributed by atoms with E-state index in [-0.39, 0.29) is 0 Å². The van der Waals surface area contributed by atoms with Crippen molar-refractivity contribution in [3.8, 4) is 0 Å². The Morgan fingerprint density at radius 1 is 0.140 bits per heavy atom. The SMILES string of the molecule is C1C2CC3CC1CC(C2)C3.C1CC2CCC1C2.C1CC2CCC1C2.C1CC2CCCC(C1)C2.C1CC2CCCC(C1)CC2. The van der Waals surface area contributed by atoms with Crippen molar-refractivity contribution < 1.29 is 0 Å². The molecule has 0 radical (unpaired) electrons. The van der Waals surface area contributed by atoms with Crippen molar-refractivity contribution in [3.63, 3.8) is 0 Å². The van der Waals surface area contributed by atoms with Crippen LogP contribution in [-0.2, 0) is 0 Å². The average molecular weight is 591 g/mol. The van der Waals surface area contributed by atoms with E-state index in [9.17, 15) is 0 Å². The van der Waals surface area contributed by atoms with Gasteiger partial charge >= 0.3 is 0 Å². The van der Waals surface area contributed by atoms with Crippen LogP contribution in [0, 0.1) is 71.0 Å². The van der Waals surface area contributed by atoms with E-state index in [0.717, 1.165) is 23.7 Å². The van der Waals surface area contributed by atoms with Crippen LogP contribution in [0.3, 0.4) is 0 Å². The average Bonchev–Trinajstić information content (AvgIpc) is 3.80. The first-order valence-electron chi connectivity index (χ1n) is 21.2. The van der Waals surface area contributed by atoms with Crippen LogP contribution in [-0.4, -0.2) is 0 Å². The van der Waals surface area contributed by atoms with Crippen LogP contribution in [0.1, 0.15) is 199 Å². The molecular weight excluding hydrogens is 516 g/mol. The van der Waals surface area contributed by atoms with Crippen LogP contribution >= 0.6 is 0 Å². The largest absolute Gasteiger partial charge is 0.0528 e. The van der Waals surface area contributed by atoms with E-state index >= 15 is 0 Å². The molecule has 0 nitrogen and oxygen atoms in total. The first-order valence-corrected chi connectivity index (χ1v) is 21.2. The molecule has 0 unspecified atom stereocenters. The fourth-order valence-corrected chi connectivity index (χ4v) is 13.7. The number of fused-ring (bicyclic) bond motifs is 9. The first-order chi connectivity index (χ1) is 21.2. The Hall–Kier alpha value is 0. The van der Waals surface area contributed by atoms with Gasteiger partial charge in [0.05, 0.1) is 0 Å². The van der Waals surface area contributed by atoms with Crippen molar-refractivity contribution in [2.45, 2.75) is 199 Å². The summed E-state index contributed by atoms with van der Waals surface area (Å²) >= 11 is 0. The topological polar surface area (TPSA) is 0 Å². The minimum Gasteiger partial charge on any atom is -0.0528 e. The van der Waals surface area contributed by atoms with Gasteiger partial charge in [-0.3, -0.25) is 0 Å². The molecule has 0 saturated heterocycles. The molecule has 0 amide bonds. The summed E-state index contributed by atoms with van der Waals surface area (Å²) in [6.45, 7) is 0. The molecule has 43 heavy (non-hydrogen) atoms. The Balaban J connectivity index is 0.0000000879. The Labute approximate surface area is 269 Å². The smallest absolute Gasteiger partial charge is 0.0406 e. The van der Waals surface area contributed by atoms with Crippen molar-refractivity contribution >= 4 is 0 Å². The maximum atomic E-state index is 1.60. The van der Waals surface area contributed by atoms with Crippen LogP contribution in [0.2, 0.25) is 0 Å². The number of rotatable bonds is 0. The summed E-state index contributed by atoms with van der Waals surface area (Å²) < 4.78 is 0. The van der Waals surface area contributed by atoms with Gasteiger partial charge in [-0.1, -0.05) is 141 Å². The van der Waals surface area contributed by atoms with E-state index in [2.05, 4.69) is 0 Å². The lowest BCUT2D eigenvalue weighted by molar-refractivity contribution is 0.0198. The minimum atomic E-state index is 1.13. The molecule has 0 aliphatic heterocycles. The Kier molecular flexibility index (Phi) is 11.6. The summed E-state index contributed by atoms with van der Waals surface area (Å²) in [7, 11) is 0. The molecule has 246 valence electrons. The molecular formula is C43H74. The number of hydrogen-bond donors (Lipinski definition) is 0. The monoisotopic (exact) mass is 591 g/mol. The zero-order valence-electron chi connectivity index (χ0n) is 28.8. The molecule has 0 N–H and O–H groups in total. The summed E-state index contributed by atoms with van der Waals surface area (Å²) in [6.07, 6.45) is 48.5. The van der Waals surface area contributed by atoms with Crippen LogP contribution in [0.15, 0.2) is 0 Å². The van der Waals surface area contributed by atoms with Gasteiger partial charge < -0.3 is 0 Å². The molecule has 12 saturated carbocycles. The second-order valence-electron chi connectivity index (χ2n) is 19.1. The van der Waals surface area contributed by atoms with E-state index in [0.29, 0.717) is 0 Å². The highest BCUT2D eigenvalue weighted by molar-refractivity contribution is 4.93. The van der Waals surface area contributed by atoms with Crippen molar-refractivity contribution in [2.75, 3.05) is 0 Å². The Bertz CT molecular complexity index is 654. The molecule has 12 bridgehead atoms. The molecule has 12 aliphatic rings. The highest BCUT2D eigenvalue weighted by atomic mass is 14.5. The zero-order chi connectivity index (χ0) is 28.8. The van der Waals surface area contributed by atoms with Gasteiger partial charge in [-0.05, 0) is 129 Å². The van der Waals surface area contributed by atoms with Crippen molar-refractivity contribution in [1.29, 1.82) is 0 Å². The molecule has 0 heterocycles. The second kappa shape index (κ2) is 15.7. The lowest BCUT2D eigenvalue weighted by Crippen LogP contribution is -2.38. The molecule has 12 fully saturated rings. The lowest BCUT2D eigenvalue weighted by Gasteiger charge is -2.49. The van der Waals surface area contributed by atoms with Gasteiger partial charge in [0.15, 0.2) is 0 Å². The summed E-state index contributed by atoms with van der Waals surface area (Å²) in [5, 5.41) is 0. The number of hydrogen-bond acceptors (Lipinski definition) is 0. The van der Waals surface area contributed by atoms with E-state index in [1.165, 1.54) is 73.0 Å². The summed E-state index contributed by atoms with van der Waals surface area (Å²) in [6, 6.07) is 0. The third-order valence-electron chi connectivity index (χ3n) is 15.8. The standard InChI is InChI=1S/C10H16.C10H18.C9H16.2C7H12/c1-7-2-9-4-8(1)5-10(3-7)6-9;1-3-9-5-2-6-10(4-1)8-7-9;1-3-8-5-2-6-9(4-1)7-8;2*1-2-7-4-3-6(1)5-7/h7-10H,1-6H2;9-10H,1-8H2;8-9H,1-7H2;2*6-7H,1-5H2. The van der Waals surface area contributed by atoms with E-state index in [4.69, 9.17) is 0 Å². The molecule has 12 aliphatic carbocycles. The van der Waals surface area contributed by atoms with Crippen LogP contribution < -0.4 is 0 Å². The van der Waals surface area contributed by atoms with Crippen LogP contribution in [0.4, 0.5) is 0 Å². The van der Waals surface area contributed by atoms with Crippen molar-refractivity contribution in [2.24, 2.45) is 71.0 Å². The van der Waals surface area contributed by atoms with E-state index in [1.807, 2.05) is 0 Å². The maximum absolute atomic E-state index is 1.60. The molecule has 0 aromatic carbocycles. The molecule has 0 aromatic heterocycles. The lowest BCUT2D eigenvalue weighted by atomic mass is 9.56. The third-order valence-corrected chi connectivity index (χ3v) is 15.8. The summed E-state index contributed by atoms with van der Waals surface area (Å²) in [5.41, 5.74) is 0. The van der Waals surface area contributed by atoms with Gasteiger partial charge in [-0.25, -0.2) is 0 Å². The van der Waals surface area contributed by atoms with Gasteiger partial charge in [0.25, 0.3) is 0 Å². The van der Waals surface area contributed by atoms with E-state index < -0.39 is 0 Å². The first kappa shape index (κ1) is 31.6. The van der Waals surface area contributed by atoms with Gasteiger partial charge in [0, 0.05) is 0 Å². The normalized spacial score (nSPS) is 47.4. The van der Waals surface area contributed by atoms with Gasteiger partial charge in [-0.15, -0.1) is 0 Å². The highest BCUT2D eigenvalue weighted by Crippen LogP contribution is 2.53. The van der Waals surface area contributed by atoms with Gasteiger partial charge in [-0.2, -0.15) is 0 Å².